The van der Waals surface area contributed by atoms with E-state index in [-0.39, 0.29) is 11.1 Å². The molecule has 12 heavy (non-hydrogen) atoms. The van der Waals surface area contributed by atoms with Gasteiger partial charge in [-0.1, -0.05) is 31.9 Å². The third-order valence-electron chi connectivity index (χ3n) is 1.84. The van der Waals surface area contributed by atoms with Gasteiger partial charge in [0.25, 0.3) is 0 Å². The van der Waals surface area contributed by atoms with Crippen LogP contribution in [0, 0.1) is 0 Å². The molecule has 3 atom stereocenters. The summed E-state index contributed by atoms with van der Waals surface area (Å²) in [6.07, 6.45) is 1.48. The molecule has 0 amide bonds. The molecule has 1 fully saturated rings. The van der Waals surface area contributed by atoms with E-state index in [1.807, 2.05) is 0 Å². The Hall–Kier alpha value is 0.880. The van der Waals surface area contributed by atoms with Crippen LogP contribution >= 0.6 is 31.9 Å². The maximum absolute atomic E-state index is 5.61. The van der Waals surface area contributed by atoms with E-state index < -0.39 is 0 Å². The average Bonchev–Trinajstić information content (AvgIpc) is 2.01. The highest BCUT2D eigenvalue weighted by Crippen LogP contribution is 2.24. The van der Waals surface area contributed by atoms with E-state index in [0.717, 1.165) is 11.8 Å². The second-order valence-corrected chi connectivity index (χ2v) is 4.99. The van der Waals surface area contributed by atoms with Crippen molar-refractivity contribution in [2.75, 3.05) is 5.33 Å². The van der Waals surface area contributed by atoms with Gasteiger partial charge in [-0.25, -0.2) is 0 Å². The van der Waals surface area contributed by atoms with Gasteiger partial charge in [0, 0.05) is 5.33 Å². The topological polar surface area (TPSA) is 18.5 Å². The fourth-order valence-corrected chi connectivity index (χ4v) is 1.87. The van der Waals surface area contributed by atoms with E-state index in [2.05, 4.69) is 45.7 Å². The van der Waals surface area contributed by atoms with Gasteiger partial charge in [-0.05, 0) is 20.3 Å². The second-order valence-electron chi connectivity index (χ2n) is 3.17. The van der Waals surface area contributed by atoms with Crippen LogP contribution in [0.3, 0.4) is 0 Å². The lowest BCUT2D eigenvalue weighted by Crippen LogP contribution is -2.40. The van der Waals surface area contributed by atoms with E-state index in [0.29, 0.717) is 12.2 Å². The van der Waals surface area contributed by atoms with Crippen LogP contribution in [0.1, 0.15) is 20.3 Å². The smallest absolute Gasteiger partial charge is 0.171 e. The standard InChI is InChI=1S/C8H14Br2O2/c1-5-3-6(2)12-8(11-5)7(10)4-9/h5-8H,3-4H2,1-2H3. The third-order valence-corrected chi connectivity index (χ3v) is 4.16. The Morgan fingerprint density at radius 2 is 1.83 bits per heavy atom. The van der Waals surface area contributed by atoms with Gasteiger partial charge in [0.2, 0.25) is 0 Å². The fourth-order valence-electron chi connectivity index (χ4n) is 1.31. The lowest BCUT2D eigenvalue weighted by atomic mass is 10.2. The van der Waals surface area contributed by atoms with Gasteiger partial charge in [-0.3, -0.25) is 0 Å². The molecule has 0 radical (unpaired) electrons. The second kappa shape index (κ2) is 4.94. The zero-order chi connectivity index (χ0) is 9.14. The molecule has 0 N–H and O–H groups in total. The summed E-state index contributed by atoms with van der Waals surface area (Å²) in [4.78, 5) is 0.239. The molecule has 1 heterocycles. The summed E-state index contributed by atoms with van der Waals surface area (Å²) < 4.78 is 11.2. The minimum absolute atomic E-state index is 0.108. The fraction of sp³-hybridized carbons (Fsp3) is 1.00. The molecule has 4 heteroatoms. The molecule has 0 bridgehead atoms. The Morgan fingerprint density at radius 1 is 1.33 bits per heavy atom. The number of alkyl halides is 2. The van der Waals surface area contributed by atoms with Crippen LogP contribution in [-0.4, -0.2) is 28.7 Å². The molecule has 1 aliphatic rings. The molecule has 0 spiro atoms. The summed E-state index contributed by atoms with van der Waals surface area (Å²) in [6, 6.07) is 0. The Labute approximate surface area is 90.3 Å². The zero-order valence-corrected chi connectivity index (χ0v) is 10.5. The monoisotopic (exact) mass is 300 g/mol. The SMILES string of the molecule is CC1CC(C)OC(C(Br)CBr)O1. The van der Waals surface area contributed by atoms with Gasteiger partial charge >= 0.3 is 0 Å². The van der Waals surface area contributed by atoms with Gasteiger partial charge in [0.1, 0.15) is 0 Å². The highest BCUT2D eigenvalue weighted by Gasteiger charge is 2.29. The minimum Gasteiger partial charge on any atom is -0.348 e. The third kappa shape index (κ3) is 2.98. The van der Waals surface area contributed by atoms with E-state index in [1.54, 1.807) is 0 Å². The first-order valence-corrected chi connectivity index (χ1v) is 6.18. The van der Waals surface area contributed by atoms with Crippen molar-refractivity contribution in [3.8, 4) is 0 Å². The molecule has 0 aromatic rings. The summed E-state index contributed by atoms with van der Waals surface area (Å²) in [5.74, 6) is 0. The van der Waals surface area contributed by atoms with Crippen molar-refractivity contribution in [3.63, 3.8) is 0 Å². The molecule has 1 saturated heterocycles. The highest BCUT2D eigenvalue weighted by atomic mass is 79.9. The molecule has 1 rings (SSSR count). The lowest BCUT2D eigenvalue weighted by Gasteiger charge is -2.34. The molecule has 0 aromatic heterocycles. The van der Waals surface area contributed by atoms with E-state index in [9.17, 15) is 0 Å². The molecular formula is C8H14Br2O2. The maximum Gasteiger partial charge on any atom is 0.171 e. The van der Waals surface area contributed by atoms with Gasteiger partial charge in [0.05, 0.1) is 17.0 Å². The number of hydrogen-bond acceptors (Lipinski definition) is 2. The Morgan fingerprint density at radius 3 is 2.25 bits per heavy atom. The van der Waals surface area contributed by atoms with Gasteiger partial charge < -0.3 is 9.47 Å². The lowest BCUT2D eigenvalue weighted by molar-refractivity contribution is -0.230. The number of halogens is 2. The normalized spacial score (nSPS) is 39.5. The quantitative estimate of drug-likeness (QED) is 0.730. The Bertz CT molecular complexity index is 133. The Kier molecular flexibility index (Phi) is 4.51. The molecule has 3 unspecified atom stereocenters. The summed E-state index contributed by atoms with van der Waals surface area (Å²) in [5.41, 5.74) is 0. The minimum atomic E-state index is -0.108. The van der Waals surface area contributed by atoms with E-state index >= 15 is 0 Å². The Balaban J connectivity index is 2.43. The van der Waals surface area contributed by atoms with E-state index in [4.69, 9.17) is 9.47 Å². The zero-order valence-electron chi connectivity index (χ0n) is 7.30. The summed E-state index contributed by atoms with van der Waals surface area (Å²) >= 11 is 6.88. The van der Waals surface area contributed by atoms with Crippen LogP contribution in [0.4, 0.5) is 0 Å². The molecule has 1 aliphatic heterocycles. The van der Waals surface area contributed by atoms with Crippen LogP contribution in [0.2, 0.25) is 0 Å². The first-order chi connectivity index (χ1) is 5.63. The van der Waals surface area contributed by atoms with Crippen molar-refractivity contribution in [3.05, 3.63) is 0 Å². The molecule has 0 saturated carbocycles. The molecule has 0 aromatic carbocycles. The van der Waals surface area contributed by atoms with Crippen LogP contribution in [-0.2, 0) is 9.47 Å². The first-order valence-electron chi connectivity index (χ1n) is 4.14. The predicted octanol–water partition coefficient (Wildman–Crippen LogP) is 2.68. The van der Waals surface area contributed by atoms with Crippen molar-refractivity contribution < 1.29 is 9.47 Å². The van der Waals surface area contributed by atoms with Gasteiger partial charge in [0.15, 0.2) is 6.29 Å². The maximum atomic E-state index is 5.61. The van der Waals surface area contributed by atoms with Crippen LogP contribution in [0.25, 0.3) is 0 Å². The predicted molar refractivity (Wildman–Crippen MR) is 56.0 cm³/mol. The molecule has 0 aliphatic carbocycles. The molecule has 2 nitrogen and oxygen atoms in total. The van der Waals surface area contributed by atoms with Crippen LogP contribution in [0.5, 0.6) is 0 Å². The van der Waals surface area contributed by atoms with Crippen molar-refractivity contribution in [2.24, 2.45) is 0 Å². The summed E-state index contributed by atoms with van der Waals surface area (Å²) in [7, 11) is 0. The van der Waals surface area contributed by atoms with Gasteiger partial charge in [-0.15, -0.1) is 0 Å². The largest absolute Gasteiger partial charge is 0.348 e. The van der Waals surface area contributed by atoms with Crippen molar-refractivity contribution >= 4 is 31.9 Å². The average molecular weight is 302 g/mol. The number of rotatable bonds is 2. The number of ether oxygens (including phenoxy) is 2. The van der Waals surface area contributed by atoms with Crippen LogP contribution < -0.4 is 0 Å². The van der Waals surface area contributed by atoms with E-state index in [1.165, 1.54) is 0 Å². The van der Waals surface area contributed by atoms with Crippen molar-refractivity contribution in [2.45, 2.75) is 43.6 Å². The van der Waals surface area contributed by atoms with Crippen molar-refractivity contribution in [1.82, 2.24) is 0 Å². The molecular weight excluding hydrogens is 288 g/mol. The first kappa shape index (κ1) is 11.0. The van der Waals surface area contributed by atoms with Gasteiger partial charge in [-0.2, -0.15) is 0 Å². The van der Waals surface area contributed by atoms with Crippen LogP contribution in [0.15, 0.2) is 0 Å². The van der Waals surface area contributed by atoms with Crippen molar-refractivity contribution in [1.29, 1.82) is 0 Å². The summed E-state index contributed by atoms with van der Waals surface area (Å²) in [5, 5.41) is 0.844. The highest BCUT2D eigenvalue weighted by molar-refractivity contribution is 9.12. The summed E-state index contributed by atoms with van der Waals surface area (Å²) in [6.45, 7) is 4.17. The number of hydrogen-bond donors (Lipinski definition) is 0. The molecule has 72 valence electrons.